The molecule has 15 heavy (non-hydrogen) atoms. The van der Waals surface area contributed by atoms with Crippen molar-refractivity contribution in [2.75, 3.05) is 0 Å². The first-order valence-corrected chi connectivity index (χ1v) is 6.86. The van der Waals surface area contributed by atoms with Crippen molar-refractivity contribution < 1.29 is 5.11 Å². The van der Waals surface area contributed by atoms with E-state index in [0.717, 1.165) is 18.8 Å². The second-order valence-corrected chi connectivity index (χ2v) is 5.66. The summed E-state index contributed by atoms with van der Waals surface area (Å²) in [6, 6.07) is 0. The number of unbranched alkanes of at least 4 members (excludes halogenated alkanes) is 5. The molecule has 0 aliphatic heterocycles. The minimum Gasteiger partial charge on any atom is -0.390 e. The fraction of sp³-hybridized carbons (Fsp3) is 1.00. The standard InChI is InChI=1S/C14H28O/c1-3-4-5-6-7-8-11-14(2,15)12-13-9-10-13/h13,15H,3-12H2,1-2H3. The largest absolute Gasteiger partial charge is 0.390 e. The normalized spacial score (nSPS) is 20.2. The molecule has 1 saturated carbocycles. The lowest BCUT2D eigenvalue weighted by Gasteiger charge is -2.23. The van der Waals surface area contributed by atoms with Gasteiger partial charge in [-0.3, -0.25) is 0 Å². The van der Waals surface area contributed by atoms with Crippen molar-refractivity contribution in [3.63, 3.8) is 0 Å². The average molecular weight is 212 g/mol. The van der Waals surface area contributed by atoms with Crippen LogP contribution in [-0.2, 0) is 0 Å². The molecule has 0 bridgehead atoms. The van der Waals surface area contributed by atoms with Crippen LogP contribution in [0, 0.1) is 5.92 Å². The lowest BCUT2D eigenvalue weighted by Crippen LogP contribution is -2.24. The molecule has 1 heteroatoms. The van der Waals surface area contributed by atoms with Gasteiger partial charge in [-0.1, -0.05) is 58.3 Å². The van der Waals surface area contributed by atoms with E-state index in [1.807, 2.05) is 6.92 Å². The van der Waals surface area contributed by atoms with Crippen molar-refractivity contribution in [1.82, 2.24) is 0 Å². The molecule has 1 atom stereocenters. The van der Waals surface area contributed by atoms with Crippen LogP contribution in [-0.4, -0.2) is 10.7 Å². The van der Waals surface area contributed by atoms with Gasteiger partial charge in [-0.15, -0.1) is 0 Å². The third kappa shape index (κ3) is 6.94. The van der Waals surface area contributed by atoms with Gasteiger partial charge in [0.2, 0.25) is 0 Å². The lowest BCUT2D eigenvalue weighted by molar-refractivity contribution is 0.0337. The molecule has 1 nitrogen and oxygen atoms in total. The van der Waals surface area contributed by atoms with Crippen LogP contribution >= 0.6 is 0 Å². The van der Waals surface area contributed by atoms with E-state index in [-0.39, 0.29) is 5.60 Å². The molecule has 90 valence electrons. The van der Waals surface area contributed by atoms with Gasteiger partial charge in [-0.05, 0) is 25.7 Å². The Balaban J connectivity index is 1.92. The Kier molecular flexibility index (Phi) is 5.66. The Morgan fingerprint density at radius 2 is 1.67 bits per heavy atom. The summed E-state index contributed by atoms with van der Waals surface area (Å²) in [5.74, 6) is 0.847. The van der Waals surface area contributed by atoms with E-state index in [9.17, 15) is 5.11 Å². The van der Waals surface area contributed by atoms with Gasteiger partial charge in [0, 0.05) is 0 Å². The van der Waals surface area contributed by atoms with Crippen LogP contribution in [0.3, 0.4) is 0 Å². The first-order valence-electron chi connectivity index (χ1n) is 6.86. The quantitative estimate of drug-likeness (QED) is 0.565. The molecule has 1 fully saturated rings. The van der Waals surface area contributed by atoms with E-state index in [0.29, 0.717) is 0 Å². The maximum absolute atomic E-state index is 10.1. The molecule has 1 rings (SSSR count). The first kappa shape index (κ1) is 13.0. The molecule has 0 saturated heterocycles. The Morgan fingerprint density at radius 1 is 1.07 bits per heavy atom. The molecule has 0 heterocycles. The summed E-state index contributed by atoms with van der Waals surface area (Å²) in [6.07, 6.45) is 12.7. The van der Waals surface area contributed by atoms with Gasteiger partial charge in [0.1, 0.15) is 0 Å². The lowest BCUT2D eigenvalue weighted by atomic mass is 9.92. The van der Waals surface area contributed by atoms with Crippen LogP contribution in [0.15, 0.2) is 0 Å². The highest BCUT2D eigenvalue weighted by Gasteiger charge is 2.30. The third-order valence-electron chi connectivity index (χ3n) is 3.49. The van der Waals surface area contributed by atoms with Crippen molar-refractivity contribution in [1.29, 1.82) is 0 Å². The maximum Gasteiger partial charge on any atom is 0.0622 e. The smallest absolute Gasteiger partial charge is 0.0622 e. The second-order valence-electron chi connectivity index (χ2n) is 5.66. The molecule has 0 spiro atoms. The molecule has 1 aliphatic carbocycles. The van der Waals surface area contributed by atoms with Gasteiger partial charge in [0.15, 0.2) is 0 Å². The van der Waals surface area contributed by atoms with E-state index in [1.165, 1.54) is 51.4 Å². The zero-order valence-electron chi connectivity index (χ0n) is 10.6. The molecule has 0 aromatic heterocycles. The summed E-state index contributed by atoms with van der Waals surface area (Å²) in [5.41, 5.74) is -0.369. The topological polar surface area (TPSA) is 20.2 Å². The van der Waals surface area contributed by atoms with E-state index in [2.05, 4.69) is 6.92 Å². The summed E-state index contributed by atoms with van der Waals surface area (Å²) < 4.78 is 0. The van der Waals surface area contributed by atoms with Crippen LogP contribution < -0.4 is 0 Å². The Labute approximate surface area is 95.3 Å². The predicted molar refractivity (Wildman–Crippen MR) is 66.0 cm³/mol. The monoisotopic (exact) mass is 212 g/mol. The molecular weight excluding hydrogens is 184 g/mol. The van der Waals surface area contributed by atoms with Crippen LogP contribution in [0.4, 0.5) is 0 Å². The summed E-state index contributed by atoms with van der Waals surface area (Å²) >= 11 is 0. The third-order valence-corrected chi connectivity index (χ3v) is 3.49. The van der Waals surface area contributed by atoms with Gasteiger partial charge in [0.25, 0.3) is 0 Å². The fourth-order valence-corrected chi connectivity index (χ4v) is 2.33. The van der Waals surface area contributed by atoms with Crippen LogP contribution in [0.1, 0.15) is 78.1 Å². The molecule has 0 aromatic rings. The summed E-state index contributed by atoms with van der Waals surface area (Å²) in [5, 5.41) is 10.1. The van der Waals surface area contributed by atoms with Crippen LogP contribution in [0.2, 0.25) is 0 Å². The minimum atomic E-state index is -0.369. The maximum atomic E-state index is 10.1. The fourth-order valence-electron chi connectivity index (χ4n) is 2.33. The molecule has 1 aliphatic rings. The highest BCUT2D eigenvalue weighted by atomic mass is 16.3. The zero-order valence-corrected chi connectivity index (χ0v) is 10.6. The van der Waals surface area contributed by atoms with Crippen molar-refractivity contribution >= 4 is 0 Å². The second kappa shape index (κ2) is 6.52. The van der Waals surface area contributed by atoms with E-state index in [1.54, 1.807) is 0 Å². The van der Waals surface area contributed by atoms with Gasteiger partial charge in [-0.25, -0.2) is 0 Å². The van der Waals surface area contributed by atoms with Crippen molar-refractivity contribution in [2.45, 2.75) is 83.7 Å². The van der Waals surface area contributed by atoms with Gasteiger partial charge >= 0.3 is 0 Å². The molecule has 0 radical (unpaired) electrons. The Morgan fingerprint density at radius 3 is 2.27 bits per heavy atom. The highest BCUT2D eigenvalue weighted by molar-refractivity contribution is 4.83. The number of rotatable bonds is 9. The molecule has 0 amide bonds. The molecule has 1 unspecified atom stereocenters. The van der Waals surface area contributed by atoms with Crippen molar-refractivity contribution in [3.05, 3.63) is 0 Å². The van der Waals surface area contributed by atoms with Crippen molar-refractivity contribution in [3.8, 4) is 0 Å². The van der Waals surface area contributed by atoms with E-state index < -0.39 is 0 Å². The summed E-state index contributed by atoms with van der Waals surface area (Å²) in [6.45, 7) is 4.28. The first-order chi connectivity index (χ1) is 7.14. The van der Waals surface area contributed by atoms with Gasteiger partial charge in [-0.2, -0.15) is 0 Å². The van der Waals surface area contributed by atoms with E-state index >= 15 is 0 Å². The molecule has 1 N–H and O–H groups in total. The predicted octanol–water partition coefficient (Wildman–Crippen LogP) is 4.29. The van der Waals surface area contributed by atoms with Gasteiger partial charge in [0.05, 0.1) is 5.60 Å². The summed E-state index contributed by atoms with van der Waals surface area (Å²) in [4.78, 5) is 0. The average Bonchev–Trinajstić information content (AvgIpc) is 2.94. The molecular formula is C14H28O. The zero-order chi connectivity index (χ0) is 11.1. The van der Waals surface area contributed by atoms with Gasteiger partial charge < -0.3 is 5.11 Å². The Hall–Kier alpha value is -0.0400. The summed E-state index contributed by atoms with van der Waals surface area (Å²) in [7, 11) is 0. The number of hydrogen-bond acceptors (Lipinski definition) is 1. The number of hydrogen-bond donors (Lipinski definition) is 1. The van der Waals surface area contributed by atoms with E-state index in [4.69, 9.17) is 0 Å². The van der Waals surface area contributed by atoms with Crippen molar-refractivity contribution in [2.24, 2.45) is 5.92 Å². The molecule has 0 aromatic carbocycles. The minimum absolute atomic E-state index is 0.369. The highest BCUT2D eigenvalue weighted by Crippen LogP contribution is 2.38. The van der Waals surface area contributed by atoms with Crippen LogP contribution in [0.5, 0.6) is 0 Å². The Bertz CT molecular complexity index is 159. The SMILES string of the molecule is CCCCCCCCC(C)(O)CC1CC1. The number of aliphatic hydroxyl groups is 1. The van der Waals surface area contributed by atoms with Crippen LogP contribution in [0.25, 0.3) is 0 Å².